The van der Waals surface area contributed by atoms with Gasteiger partial charge in [0.15, 0.2) is 0 Å². The molecule has 0 aromatic heterocycles. The number of aliphatic hydroxyl groups excluding tert-OH is 1. The average molecular weight is 327 g/mol. The van der Waals surface area contributed by atoms with Crippen molar-refractivity contribution in [1.82, 2.24) is 5.32 Å². The van der Waals surface area contributed by atoms with Gasteiger partial charge in [-0.15, -0.1) is 0 Å². The highest BCUT2D eigenvalue weighted by Gasteiger charge is 2.23. The van der Waals surface area contributed by atoms with Crippen molar-refractivity contribution in [1.29, 1.82) is 0 Å². The van der Waals surface area contributed by atoms with Crippen molar-refractivity contribution in [2.45, 2.75) is 19.9 Å². The Labute approximate surface area is 126 Å². The molecule has 0 aliphatic rings. The number of phenolic OH excluding ortho intramolecular Hbond substituents is 1. The van der Waals surface area contributed by atoms with Crippen molar-refractivity contribution < 1.29 is 15.0 Å². The van der Waals surface area contributed by atoms with Gasteiger partial charge in [-0.05, 0) is 18.9 Å². The first-order valence-electron chi connectivity index (χ1n) is 5.57. The van der Waals surface area contributed by atoms with Gasteiger partial charge in [-0.1, -0.05) is 41.7 Å². The molecule has 3 N–H and O–H groups in total. The number of benzene rings is 1. The van der Waals surface area contributed by atoms with Crippen LogP contribution in [0.1, 0.15) is 24.2 Å². The predicted octanol–water partition coefficient (Wildman–Crippen LogP) is 3.10. The minimum Gasteiger partial charge on any atom is -0.505 e. The van der Waals surface area contributed by atoms with E-state index in [0.717, 1.165) is 0 Å². The number of carbonyl (C=O) groups excluding carboxylic acids is 1. The zero-order chi connectivity index (χ0) is 14.7. The van der Waals surface area contributed by atoms with Crippen LogP contribution in [0.4, 0.5) is 0 Å². The molecular weight excluding hydrogens is 312 g/mol. The zero-order valence-corrected chi connectivity index (χ0v) is 12.6. The number of halogens is 3. The van der Waals surface area contributed by atoms with Crippen LogP contribution in [0, 0.1) is 5.92 Å². The van der Waals surface area contributed by atoms with Crippen molar-refractivity contribution in [3.05, 3.63) is 26.7 Å². The molecule has 1 amide bonds. The van der Waals surface area contributed by atoms with E-state index in [0.29, 0.717) is 0 Å². The molecule has 0 fully saturated rings. The summed E-state index contributed by atoms with van der Waals surface area (Å²) in [6.07, 6.45) is 0. The lowest BCUT2D eigenvalue weighted by Crippen LogP contribution is -2.38. The number of aromatic hydroxyl groups is 1. The van der Waals surface area contributed by atoms with Crippen molar-refractivity contribution in [2.24, 2.45) is 5.92 Å². The van der Waals surface area contributed by atoms with Gasteiger partial charge in [0.25, 0.3) is 5.91 Å². The van der Waals surface area contributed by atoms with Gasteiger partial charge in [0.05, 0.1) is 15.1 Å². The highest BCUT2D eigenvalue weighted by molar-refractivity contribution is 6.45. The molecule has 0 heterocycles. The Morgan fingerprint density at radius 3 is 2.42 bits per heavy atom. The van der Waals surface area contributed by atoms with E-state index in [9.17, 15) is 9.90 Å². The molecule has 0 bridgehead atoms. The fourth-order valence-corrected chi connectivity index (χ4v) is 2.07. The van der Waals surface area contributed by atoms with Gasteiger partial charge in [-0.25, -0.2) is 0 Å². The number of hydrogen-bond acceptors (Lipinski definition) is 3. The Morgan fingerprint density at radius 1 is 1.32 bits per heavy atom. The summed E-state index contributed by atoms with van der Waals surface area (Å²) in [6, 6.07) is 0.961. The molecule has 2 unspecified atom stereocenters. The molecule has 0 saturated carbocycles. The third-order valence-electron chi connectivity index (χ3n) is 2.87. The second-order valence-corrected chi connectivity index (χ2v) is 5.49. The minimum absolute atomic E-state index is 0.0533. The van der Waals surface area contributed by atoms with E-state index in [4.69, 9.17) is 39.9 Å². The van der Waals surface area contributed by atoms with Crippen molar-refractivity contribution in [3.63, 3.8) is 0 Å². The summed E-state index contributed by atoms with van der Waals surface area (Å²) in [7, 11) is 0. The predicted molar refractivity (Wildman–Crippen MR) is 76.3 cm³/mol. The summed E-state index contributed by atoms with van der Waals surface area (Å²) in [4.78, 5) is 12.1. The summed E-state index contributed by atoms with van der Waals surface area (Å²) >= 11 is 17.5. The monoisotopic (exact) mass is 325 g/mol. The SMILES string of the molecule is CC(CO)C(C)NC(=O)c1c(O)c(Cl)cc(Cl)c1Cl. The number of rotatable bonds is 4. The van der Waals surface area contributed by atoms with Crippen LogP contribution in [0.25, 0.3) is 0 Å². The number of hydrogen-bond donors (Lipinski definition) is 3. The molecule has 0 spiro atoms. The number of nitrogens with one attached hydrogen (secondary N) is 1. The number of phenols is 1. The number of amides is 1. The van der Waals surface area contributed by atoms with Gasteiger partial charge in [0, 0.05) is 12.6 Å². The lowest BCUT2D eigenvalue weighted by Gasteiger charge is -2.20. The van der Waals surface area contributed by atoms with Crippen LogP contribution in [-0.4, -0.2) is 28.8 Å². The van der Waals surface area contributed by atoms with Crippen LogP contribution in [0.15, 0.2) is 6.07 Å². The van der Waals surface area contributed by atoms with Gasteiger partial charge >= 0.3 is 0 Å². The normalized spacial score (nSPS) is 14.0. The third kappa shape index (κ3) is 3.66. The summed E-state index contributed by atoms with van der Waals surface area (Å²) in [5.41, 5.74) is -0.170. The maximum absolute atomic E-state index is 12.1. The number of carbonyl (C=O) groups is 1. The van der Waals surface area contributed by atoms with E-state index in [1.165, 1.54) is 6.07 Å². The maximum atomic E-state index is 12.1. The fraction of sp³-hybridized carbons (Fsp3) is 0.417. The summed E-state index contributed by atoms with van der Waals surface area (Å²) in [5, 5.41) is 21.4. The third-order valence-corrected chi connectivity index (χ3v) is 3.95. The van der Waals surface area contributed by atoms with E-state index in [2.05, 4.69) is 5.32 Å². The second-order valence-electron chi connectivity index (χ2n) is 4.30. The summed E-state index contributed by atoms with van der Waals surface area (Å²) < 4.78 is 0. The molecule has 0 saturated heterocycles. The summed E-state index contributed by atoms with van der Waals surface area (Å²) in [5.74, 6) is -1.16. The minimum atomic E-state index is -0.597. The van der Waals surface area contributed by atoms with Crippen LogP contribution >= 0.6 is 34.8 Å². The van der Waals surface area contributed by atoms with Crippen LogP contribution in [0.3, 0.4) is 0 Å². The molecule has 1 aromatic rings. The molecule has 0 radical (unpaired) electrons. The first-order chi connectivity index (χ1) is 8.79. The van der Waals surface area contributed by atoms with E-state index in [1.54, 1.807) is 13.8 Å². The Hall–Kier alpha value is -0.680. The summed E-state index contributed by atoms with van der Waals surface area (Å²) in [6.45, 7) is 3.44. The van der Waals surface area contributed by atoms with Gasteiger partial charge in [-0.3, -0.25) is 4.79 Å². The number of aliphatic hydroxyl groups is 1. The topological polar surface area (TPSA) is 69.6 Å². The first kappa shape index (κ1) is 16.4. The molecule has 0 aliphatic carbocycles. The molecule has 7 heteroatoms. The molecule has 106 valence electrons. The molecule has 0 aliphatic heterocycles. The van der Waals surface area contributed by atoms with Crippen LogP contribution in [-0.2, 0) is 0 Å². The van der Waals surface area contributed by atoms with E-state index in [-0.39, 0.29) is 39.2 Å². The van der Waals surface area contributed by atoms with Crippen molar-refractivity contribution in [3.8, 4) is 5.75 Å². The molecular formula is C12H14Cl3NO3. The highest BCUT2D eigenvalue weighted by Crippen LogP contribution is 2.38. The Balaban J connectivity index is 3.07. The van der Waals surface area contributed by atoms with E-state index in [1.807, 2.05) is 0 Å². The van der Waals surface area contributed by atoms with Gasteiger partial charge in [0.1, 0.15) is 11.3 Å². The molecule has 2 atom stereocenters. The van der Waals surface area contributed by atoms with E-state index < -0.39 is 11.7 Å². The fourth-order valence-electron chi connectivity index (χ4n) is 1.37. The standard InChI is InChI=1S/C12H14Cl3NO3/c1-5(4-17)6(2)16-12(19)9-10(15)7(13)3-8(14)11(9)18/h3,5-6,17-18H,4H2,1-2H3,(H,16,19). The quantitative estimate of drug-likeness (QED) is 0.745. The molecule has 1 rings (SSSR count). The molecule has 1 aromatic carbocycles. The van der Waals surface area contributed by atoms with Crippen molar-refractivity contribution >= 4 is 40.7 Å². The lowest BCUT2D eigenvalue weighted by atomic mass is 10.0. The Kier molecular flexibility index (Phi) is 5.74. The largest absolute Gasteiger partial charge is 0.505 e. The maximum Gasteiger partial charge on any atom is 0.256 e. The Bertz CT molecular complexity index is 467. The lowest BCUT2D eigenvalue weighted by molar-refractivity contribution is 0.0914. The van der Waals surface area contributed by atoms with Crippen LogP contribution < -0.4 is 5.32 Å². The van der Waals surface area contributed by atoms with Gasteiger partial charge in [-0.2, -0.15) is 0 Å². The smallest absolute Gasteiger partial charge is 0.256 e. The van der Waals surface area contributed by atoms with Gasteiger partial charge in [0.2, 0.25) is 0 Å². The van der Waals surface area contributed by atoms with Gasteiger partial charge < -0.3 is 15.5 Å². The van der Waals surface area contributed by atoms with E-state index >= 15 is 0 Å². The van der Waals surface area contributed by atoms with Crippen molar-refractivity contribution in [2.75, 3.05) is 6.61 Å². The zero-order valence-electron chi connectivity index (χ0n) is 10.4. The highest BCUT2D eigenvalue weighted by atomic mass is 35.5. The molecule has 4 nitrogen and oxygen atoms in total. The Morgan fingerprint density at radius 2 is 1.89 bits per heavy atom. The molecule has 19 heavy (non-hydrogen) atoms. The first-order valence-corrected chi connectivity index (χ1v) is 6.71. The average Bonchev–Trinajstić information content (AvgIpc) is 2.35. The van der Waals surface area contributed by atoms with Crippen LogP contribution in [0.2, 0.25) is 15.1 Å². The second kappa shape index (κ2) is 6.66. The van der Waals surface area contributed by atoms with Crippen LogP contribution in [0.5, 0.6) is 5.75 Å².